The molecule has 2 amide bonds. The normalized spacial score (nSPS) is 10.4. The van der Waals surface area contributed by atoms with Gasteiger partial charge in [-0.25, -0.2) is 5.43 Å². The number of amides is 2. The summed E-state index contributed by atoms with van der Waals surface area (Å²) in [7, 11) is 0. The molecular weight excluding hydrogens is 290 g/mol. The number of hydrazine groups is 1. The van der Waals surface area contributed by atoms with E-state index in [2.05, 4.69) is 16.2 Å². The third kappa shape index (κ3) is 5.23. The Kier molecular flexibility index (Phi) is 5.88. The highest BCUT2D eigenvalue weighted by molar-refractivity contribution is 5.94. The average molecular weight is 311 g/mol. The minimum atomic E-state index is -0.182. The molecule has 0 spiro atoms. The second-order valence-electron chi connectivity index (χ2n) is 5.50. The fourth-order valence-electron chi connectivity index (χ4n) is 1.93. The fourth-order valence-corrected chi connectivity index (χ4v) is 1.93. The minimum Gasteiger partial charge on any atom is -0.348 e. The lowest BCUT2D eigenvalue weighted by atomic mass is 10.1. The third-order valence-electron chi connectivity index (χ3n) is 3.18. The number of hydrogen-bond acceptors (Lipinski definition) is 3. The Morgan fingerprint density at radius 1 is 0.870 bits per heavy atom. The van der Waals surface area contributed by atoms with Crippen LogP contribution in [-0.2, 0) is 6.54 Å². The van der Waals surface area contributed by atoms with Crippen LogP contribution < -0.4 is 16.2 Å². The second-order valence-corrected chi connectivity index (χ2v) is 5.50. The second kappa shape index (κ2) is 8.10. The van der Waals surface area contributed by atoms with E-state index in [9.17, 15) is 9.59 Å². The molecule has 0 aromatic heterocycles. The molecule has 2 aromatic rings. The molecule has 0 saturated carbocycles. The largest absolute Gasteiger partial charge is 0.348 e. The topological polar surface area (TPSA) is 70.2 Å². The number of nitrogens with one attached hydrogen (secondary N) is 3. The predicted molar refractivity (Wildman–Crippen MR) is 89.8 cm³/mol. The van der Waals surface area contributed by atoms with E-state index >= 15 is 0 Å². The van der Waals surface area contributed by atoms with Crippen molar-refractivity contribution in [2.24, 2.45) is 0 Å². The van der Waals surface area contributed by atoms with Gasteiger partial charge in [0.05, 0.1) is 0 Å². The zero-order valence-electron chi connectivity index (χ0n) is 13.3. The lowest BCUT2D eigenvalue weighted by Crippen LogP contribution is -2.41. The van der Waals surface area contributed by atoms with Crippen molar-refractivity contribution in [3.05, 3.63) is 71.3 Å². The maximum atomic E-state index is 12.0. The number of carbonyl (C=O) groups excluding carboxylic acids is 2. The van der Waals surface area contributed by atoms with Gasteiger partial charge in [0, 0.05) is 23.7 Å². The zero-order chi connectivity index (χ0) is 16.7. The first-order chi connectivity index (χ1) is 11.1. The van der Waals surface area contributed by atoms with Crippen molar-refractivity contribution in [1.82, 2.24) is 16.2 Å². The molecule has 23 heavy (non-hydrogen) atoms. The van der Waals surface area contributed by atoms with Crippen LogP contribution in [0.1, 0.15) is 40.1 Å². The molecule has 0 fully saturated rings. The summed E-state index contributed by atoms with van der Waals surface area (Å²) in [5.74, 6) is -0.299. The molecule has 0 bridgehead atoms. The van der Waals surface area contributed by atoms with Crippen LogP contribution in [0.4, 0.5) is 0 Å². The Labute approximate surface area is 136 Å². The Balaban J connectivity index is 1.88. The summed E-state index contributed by atoms with van der Waals surface area (Å²) in [5, 5.41) is 2.85. The van der Waals surface area contributed by atoms with Crippen LogP contribution in [0.15, 0.2) is 54.6 Å². The van der Waals surface area contributed by atoms with E-state index in [-0.39, 0.29) is 17.9 Å². The Morgan fingerprint density at radius 2 is 1.48 bits per heavy atom. The smallest absolute Gasteiger partial charge is 0.265 e. The van der Waals surface area contributed by atoms with E-state index in [0.717, 1.165) is 5.56 Å². The third-order valence-corrected chi connectivity index (χ3v) is 3.18. The molecule has 3 N–H and O–H groups in total. The van der Waals surface area contributed by atoms with Gasteiger partial charge in [-0.15, -0.1) is 0 Å². The first kappa shape index (κ1) is 16.7. The summed E-state index contributed by atoms with van der Waals surface area (Å²) in [4.78, 5) is 23.8. The van der Waals surface area contributed by atoms with Gasteiger partial charge in [-0.2, -0.15) is 0 Å². The molecule has 0 heterocycles. The van der Waals surface area contributed by atoms with Crippen molar-refractivity contribution in [3.63, 3.8) is 0 Å². The molecule has 0 aliphatic heterocycles. The number of carbonyl (C=O) groups is 2. The van der Waals surface area contributed by atoms with E-state index in [0.29, 0.717) is 17.7 Å². The number of hydrogen-bond donors (Lipinski definition) is 3. The van der Waals surface area contributed by atoms with Crippen molar-refractivity contribution < 1.29 is 9.59 Å². The summed E-state index contributed by atoms with van der Waals surface area (Å²) in [6.45, 7) is 4.30. The van der Waals surface area contributed by atoms with E-state index in [4.69, 9.17) is 0 Å². The van der Waals surface area contributed by atoms with E-state index in [1.807, 2.05) is 44.2 Å². The maximum Gasteiger partial charge on any atom is 0.265 e. The van der Waals surface area contributed by atoms with Gasteiger partial charge >= 0.3 is 0 Å². The lowest BCUT2D eigenvalue weighted by molar-refractivity contribution is 0.0924. The number of rotatable bonds is 6. The average Bonchev–Trinajstić information content (AvgIpc) is 2.58. The van der Waals surface area contributed by atoms with Crippen molar-refractivity contribution in [1.29, 1.82) is 0 Å². The van der Waals surface area contributed by atoms with Crippen LogP contribution in [0, 0.1) is 0 Å². The van der Waals surface area contributed by atoms with Gasteiger partial charge in [0.1, 0.15) is 0 Å². The monoisotopic (exact) mass is 311 g/mol. The maximum absolute atomic E-state index is 12.0. The molecule has 5 heteroatoms. The molecule has 120 valence electrons. The van der Waals surface area contributed by atoms with Gasteiger partial charge < -0.3 is 5.32 Å². The van der Waals surface area contributed by atoms with Crippen LogP contribution in [0.25, 0.3) is 0 Å². The SMILES string of the molecule is CC(C)NNC(=O)c1ccc(CNC(=O)c2ccccc2)cc1. The highest BCUT2D eigenvalue weighted by Crippen LogP contribution is 2.05. The molecule has 0 aliphatic rings. The van der Waals surface area contributed by atoms with Gasteiger partial charge in [0.25, 0.3) is 11.8 Å². The molecule has 0 saturated heterocycles. The molecule has 2 rings (SSSR count). The lowest BCUT2D eigenvalue weighted by Gasteiger charge is -2.10. The first-order valence-corrected chi connectivity index (χ1v) is 7.54. The predicted octanol–water partition coefficient (Wildman–Crippen LogP) is 2.26. The molecule has 0 radical (unpaired) electrons. The van der Waals surface area contributed by atoms with Crippen LogP contribution in [0.3, 0.4) is 0 Å². The van der Waals surface area contributed by atoms with Crippen molar-refractivity contribution >= 4 is 11.8 Å². The summed E-state index contributed by atoms with van der Waals surface area (Å²) in [6, 6.07) is 16.4. The van der Waals surface area contributed by atoms with Crippen molar-refractivity contribution in [3.8, 4) is 0 Å². The molecule has 2 aromatic carbocycles. The molecule has 0 atom stereocenters. The highest BCUT2D eigenvalue weighted by atomic mass is 16.2. The van der Waals surface area contributed by atoms with Gasteiger partial charge in [0.15, 0.2) is 0 Å². The van der Waals surface area contributed by atoms with Gasteiger partial charge in [-0.3, -0.25) is 15.0 Å². The van der Waals surface area contributed by atoms with E-state index in [1.54, 1.807) is 24.3 Å². The fraction of sp³-hybridized carbons (Fsp3) is 0.222. The van der Waals surface area contributed by atoms with E-state index in [1.165, 1.54) is 0 Å². The molecule has 0 unspecified atom stereocenters. The van der Waals surface area contributed by atoms with Crippen LogP contribution in [-0.4, -0.2) is 17.9 Å². The Bertz CT molecular complexity index is 652. The number of benzene rings is 2. The summed E-state index contributed by atoms with van der Waals surface area (Å²) >= 11 is 0. The van der Waals surface area contributed by atoms with Gasteiger partial charge in [-0.05, 0) is 43.7 Å². The van der Waals surface area contributed by atoms with Crippen molar-refractivity contribution in [2.45, 2.75) is 26.4 Å². The van der Waals surface area contributed by atoms with Gasteiger partial charge in [0.2, 0.25) is 0 Å². The summed E-state index contributed by atoms with van der Waals surface area (Å²) < 4.78 is 0. The summed E-state index contributed by atoms with van der Waals surface area (Å²) in [6.07, 6.45) is 0. The minimum absolute atomic E-state index is 0.117. The Morgan fingerprint density at radius 3 is 2.09 bits per heavy atom. The van der Waals surface area contributed by atoms with E-state index < -0.39 is 0 Å². The molecular formula is C18H21N3O2. The Hall–Kier alpha value is -2.66. The van der Waals surface area contributed by atoms with Crippen LogP contribution in [0.2, 0.25) is 0 Å². The van der Waals surface area contributed by atoms with Gasteiger partial charge in [-0.1, -0.05) is 30.3 Å². The zero-order valence-corrected chi connectivity index (χ0v) is 13.3. The van der Waals surface area contributed by atoms with Crippen LogP contribution in [0.5, 0.6) is 0 Å². The quantitative estimate of drug-likeness (QED) is 0.717. The summed E-state index contributed by atoms with van der Waals surface area (Å²) in [5.41, 5.74) is 7.62. The first-order valence-electron chi connectivity index (χ1n) is 7.54. The molecule has 0 aliphatic carbocycles. The van der Waals surface area contributed by atoms with Crippen molar-refractivity contribution in [2.75, 3.05) is 0 Å². The van der Waals surface area contributed by atoms with Crippen LogP contribution >= 0.6 is 0 Å². The highest BCUT2D eigenvalue weighted by Gasteiger charge is 2.07. The molecule has 5 nitrogen and oxygen atoms in total. The standard InChI is InChI=1S/C18H21N3O2/c1-13(2)20-21-18(23)16-10-8-14(9-11-16)12-19-17(22)15-6-4-3-5-7-15/h3-11,13,20H,12H2,1-2H3,(H,19,22)(H,21,23).